The van der Waals surface area contributed by atoms with Crippen molar-refractivity contribution in [1.82, 2.24) is 4.90 Å². The third-order valence-corrected chi connectivity index (χ3v) is 3.89. The number of esters is 2. The van der Waals surface area contributed by atoms with Crippen molar-refractivity contribution >= 4 is 17.9 Å². The molecule has 0 aliphatic heterocycles. The monoisotopic (exact) mass is 427 g/mol. The molecule has 0 heterocycles. The van der Waals surface area contributed by atoms with E-state index in [9.17, 15) is 9.59 Å². The van der Waals surface area contributed by atoms with Gasteiger partial charge in [-0.1, -0.05) is 79.8 Å². The van der Waals surface area contributed by atoms with Gasteiger partial charge in [-0.05, 0) is 38.5 Å². The summed E-state index contributed by atoms with van der Waals surface area (Å²) in [5.41, 5.74) is 5.21. The molecule has 3 N–H and O–H groups in total. The lowest BCUT2D eigenvalue weighted by atomic mass is 10.2. The number of carbonyl (C=O) groups excluding carboxylic acids is 2. The molecule has 31 heavy (non-hydrogen) atoms. The Morgan fingerprint density at radius 3 is 1.52 bits per heavy atom. The fourth-order valence-electron chi connectivity index (χ4n) is 2.18. The number of hydrogen-bond donors (Lipinski definition) is 2. The van der Waals surface area contributed by atoms with E-state index in [1.165, 1.54) is 11.9 Å². The van der Waals surface area contributed by atoms with Crippen molar-refractivity contribution in [3.8, 4) is 0 Å². The molecule has 0 aromatic carbocycles. The molecule has 0 bridgehead atoms. The molecule has 0 saturated heterocycles. The van der Waals surface area contributed by atoms with Crippen LogP contribution in [0.15, 0.2) is 72.9 Å². The zero-order valence-corrected chi connectivity index (χ0v) is 18.8. The molecule has 0 saturated carbocycles. The quantitative estimate of drug-likeness (QED) is 0.126. The van der Waals surface area contributed by atoms with Crippen LogP contribution in [0.2, 0.25) is 0 Å². The van der Waals surface area contributed by atoms with E-state index in [0.717, 1.165) is 32.1 Å². The SMILES string of the molecule is CCC=CCC=CCC=CCC=CCC=CCC=CCC(=O)OC(=O)CN(C)C(=N)N. The predicted molar refractivity (Wildman–Crippen MR) is 128 cm³/mol. The van der Waals surface area contributed by atoms with E-state index in [1.807, 2.05) is 12.2 Å². The van der Waals surface area contributed by atoms with Gasteiger partial charge in [0.15, 0.2) is 5.96 Å². The number of nitrogens with two attached hydrogens (primary N) is 1. The van der Waals surface area contributed by atoms with Gasteiger partial charge in [0.05, 0.1) is 6.42 Å². The average Bonchev–Trinajstić information content (AvgIpc) is 2.72. The van der Waals surface area contributed by atoms with Gasteiger partial charge in [0.25, 0.3) is 0 Å². The molecule has 6 heteroatoms. The number of rotatable bonds is 15. The molecule has 0 atom stereocenters. The molecule has 0 aliphatic carbocycles. The van der Waals surface area contributed by atoms with Crippen LogP contribution in [-0.4, -0.2) is 36.4 Å². The molecule has 0 spiro atoms. The normalized spacial score (nSPS) is 12.3. The highest BCUT2D eigenvalue weighted by atomic mass is 16.6. The summed E-state index contributed by atoms with van der Waals surface area (Å²) in [5.74, 6) is -1.61. The molecule has 0 fully saturated rings. The lowest BCUT2D eigenvalue weighted by Crippen LogP contribution is -2.37. The van der Waals surface area contributed by atoms with Gasteiger partial charge in [-0.2, -0.15) is 0 Å². The van der Waals surface area contributed by atoms with E-state index >= 15 is 0 Å². The van der Waals surface area contributed by atoms with Crippen LogP contribution in [-0.2, 0) is 14.3 Å². The third kappa shape index (κ3) is 19.9. The lowest BCUT2D eigenvalue weighted by molar-refractivity contribution is -0.159. The lowest BCUT2D eigenvalue weighted by Gasteiger charge is -2.14. The maximum absolute atomic E-state index is 11.5. The first-order valence-corrected chi connectivity index (χ1v) is 10.7. The highest BCUT2D eigenvalue weighted by molar-refractivity contribution is 5.89. The molecule has 0 amide bonds. The van der Waals surface area contributed by atoms with Gasteiger partial charge in [0.1, 0.15) is 6.54 Å². The zero-order chi connectivity index (χ0) is 23.2. The second kappa shape index (κ2) is 20.1. The average molecular weight is 428 g/mol. The summed E-state index contributed by atoms with van der Waals surface area (Å²) in [7, 11) is 1.47. The maximum atomic E-state index is 11.5. The van der Waals surface area contributed by atoms with Gasteiger partial charge >= 0.3 is 11.9 Å². The molecule has 0 rings (SSSR count). The number of likely N-dealkylation sites (N-methyl/N-ethyl adjacent to an activating group) is 1. The smallest absolute Gasteiger partial charge is 0.333 e. The van der Waals surface area contributed by atoms with E-state index in [4.69, 9.17) is 11.1 Å². The van der Waals surface area contributed by atoms with Crippen LogP contribution >= 0.6 is 0 Å². The van der Waals surface area contributed by atoms with Gasteiger partial charge in [0, 0.05) is 7.05 Å². The standard InChI is InChI=1S/C25H37N3O3/c1-3-4-5-6-7-8-9-10-11-12-13-14-15-16-17-18-19-20-21-23(29)31-24(30)22-28(2)25(26)27/h4-5,7-8,10-11,13-14,16-17,19-20H,3,6,9,12,15,18,21-22H2,1-2H3,(H3,26,27). The van der Waals surface area contributed by atoms with Gasteiger partial charge < -0.3 is 15.4 Å². The van der Waals surface area contributed by atoms with Gasteiger partial charge in [-0.15, -0.1) is 0 Å². The summed E-state index contributed by atoms with van der Waals surface area (Å²) in [5, 5.41) is 7.15. The Morgan fingerprint density at radius 1 is 0.742 bits per heavy atom. The number of carbonyl (C=O) groups is 2. The van der Waals surface area contributed by atoms with Crippen molar-refractivity contribution in [3.63, 3.8) is 0 Å². The summed E-state index contributed by atoms with van der Waals surface area (Å²) in [6.45, 7) is 1.90. The van der Waals surface area contributed by atoms with Crippen molar-refractivity contribution in [3.05, 3.63) is 72.9 Å². The number of ether oxygens (including phenoxy) is 1. The Balaban J connectivity index is 3.77. The minimum Gasteiger partial charge on any atom is -0.392 e. The highest BCUT2D eigenvalue weighted by Crippen LogP contribution is 1.97. The van der Waals surface area contributed by atoms with Crippen LogP contribution in [0.4, 0.5) is 0 Å². The minimum absolute atomic E-state index is 0.0280. The topological polar surface area (TPSA) is 96.5 Å². The van der Waals surface area contributed by atoms with Gasteiger partial charge in [-0.25, -0.2) is 4.79 Å². The van der Waals surface area contributed by atoms with Crippen LogP contribution in [0.1, 0.15) is 51.9 Å². The minimum atomic E-state index is -0.728. The summed E-state index contributed by atoms with van der Waals surface area (Å²) in [6, 6.07) is 0. The van der Waals surface area contributed by atoms with E-state index in [0.29, 0.717) is 6.42 Å². The van der Waals surface area contributed by atoms with Crippen LogP contribution in [0, 0.1) is 5.41 Å². The second-order valence-electron chi connectivity index (χ2n) is 6.71. The van der Waals surface area contributed by atoms with Crippen LogP contribution in [0.5, 0.6) is 0 Å². The first kappa shape index (κ1) is 27.8. The molecule has 0 aliphatic rings. The van der Waals surface area contributed by atoms with Crippen molar-refractivity contribution in [1.29, 1.82) is 5.41 Å². The van der Waals surface area contributed by atoms with E-state index in [-0.39, 0.29) is 18.9 Å². The van der Waals surface area contributed by atoms with Gasteiger partial charge in [0.2, 0.25) is 0 Å². The zero-order valence-electron chi connectivity index (χ0n) is 18.8. The number of nitrogens with zero attached hydrogens (tertiary/aromatic N) is 1. The van der Waals surface area contributed by atoms with E-state index in [2.05, 4.69) is 66.3 Å². The third-order valence-electron chi connectivity index (χ3n) is 3.89. The Bertz CT molecular complexity index is 701. The first-order valence-electron chi connectivity index (χ1n) is 10.7. The Hall–Kier alpha value is -3.15. The van der Waals surface area contributed by atoms with Crippen LogP contribution < -0.4 is 5.73 Å². The maximum Gasteiger partial charge on any atom is 0.333 e. The number of hydrogen-bond acceptors (Lipinski definition) is 4. The summed E-state index contributed by atoms with van der Waals surface area (Å²) >= 11 is 0. The van der Waals surface area contributed by atoms with Gasteiger partial charge in [-0.3, -0.25) is 10.2 Å². The molecular formula is C25H37N3O3. The molecule has 0 aromatic rings. The second-order valence-corrected chi connectivity index (χ2v) is 6.71. The highest BCUT2D eigenvalue weighted by Gasteiger charge is 2.12. The van der Waals surface area contributed by atoms with Crippen LogP contribution in [0.3, 0.4) is 0 Å². The number of nitrogens with one attached hydrogen (secondary N) is 1. The summed E-state index contributed by atoms with van der Waals surface area (Å²) in [4.78, 5) is 24.2. The van der Waals surface area contributed by atoms with E-state index < -0.39 is 11.9 Å². The predicted octanol–water partition coefficient (Wildman–Crippen LogP) is 4.97. The van der Waals surface area contributed by atoms with Crippen molar-refractivity contribution < 1.29 is 14.3 Å². The van der Waals surface area contributed by atoms with Crippen molar-refractivity contribution in [2.75, 3.05) is 13.6 Å². The fraction of sp³-hybridized carbons (Fsp3) is 0.400. The first-order chi connectivity index (χ1) is 15.0. The van der Waals surface area contributed by atoms with Crippen LogP contribution in [0.25, 0.3) is 0 Å². The largest absolute Gasteiger partial charge is 0.392 e. The van der Waals surface area contributed by atoms with E-state index in [1.54, 1.807) is 6.08 Å². The Kier molecular flexibility index (Phi) is 18.1. The molecular weight excluding hydrogens is 390 g/mol. The molecule has 0 radical (unpaired) electrons. The molecule has 0 unspecified atom stereocenters. The Morgan fingerprint density at radius 2 is 1.13 bits per heavy atom. The Labute approximate surface area is 187 Å². The molecule has 170 valence electrons. The molecule has 0 aromatic heterocycles. The fourth-order valence-corrected chi connectivity index (χ4v) is 2.18. The summed E-state index contributed by atoms with van der Waals surface area (Å²) in [6.07, 6.45) is 30.5. The number of allylic oxidation sites excluding steroid dienone is 11. The van der Waals surface area contributed by atoms with Crippen molar-refractivity contribution in [2.45, 2.75) is 51.9 Å². The number of guanidine groups is 1. The van der Waals surface area contributed by atoms with Crippen molar-refractivity contribution in [2.24, 2.45) is 5.73 Å². The summed E-state index contributed by atoms with van der Waals surface area (Å²) < 4.78 is 4.64. The molecule has 6 nitrogen and oxygen atoms in total.